The van der Waals surface area contributed by atoms with Gasteiger partial charge in [-0.3, -0.25) is 9.78 Å². The molecule has 0 fully saturated rings. The number of methoxy groups -OCH3 is 1. The minimum Gasteiger partial charge on any atom is -0.494 e. The van der Waals surface area contributed by atoms with Gasteiger partial charge in [0, 0.05) is 17.3 Å². The quantitative estimate of drug-likeness (QED) is 0.920. The van der Waals surface area contributed by atoms with E-state index < -0.39 is 0 Å². The van der Waals surface area contributed by atoms with Crippen molar-refractivity contribution < 1.29 is 14.3 Å². The van der Waals surface area contributed by atoms with Crippen molar-refractivity contribution in [2.75, 3.05) is 19.0 Å². The molecule has 0 saturated heterocycles. The highest BCUT2D eigenvalue weighted by atomic mass is 35.5. The van der Waals surface area contributed by atoms with Gasteiger partial charge in [0.05, 0.1) is 13.3 Å². The smallest absolute Gasteiger partial charge is 0.262 e. The van der Waals surface area contributed by atoms with Crippen LogP contribution in [0.25, 0.3) is 0 Å². The van der Waals surface area contributed by atoms with E-state index in [1.54, 1.807) is 36.5 Å². The Morgan fingerprint density at radius 3 is 2.75 bits per heavy atom. The summed E-state index contributed by atoms with van der Waals surface area (Å²) in [6.07, 6.45) is 3.09. The van der Waals surface area contributed by atoms with E-state index in [-0.39, 0.29) is 12.5 Å². The normalized spacial score (nSPS) is 9.90. The summed E-state index contributed by atoms with van der Waals surface area (Å²) in [5, 5.41) is 3.28. The van der Waals surface area contributed by atoms with E-state index in [2.05, 4.69) is 10.3 Å². The molecule has 20 heavy (non-hydrogen) atoms. The van der Waals surface area contributed by atoms with Gasteiger partial charge in [-0.05, 0) is 24.3 Å². The number of pyridine rings is 1. The van der Waals surface area contributed by atoms with Crippen LogP contribution in [0.1, 0.15) is 0 Å². The Hall–Kier alpha value is -2.27. The molecule has 1 aromatic heterocycles. The van der Waals surface area contributed by atoms with Crippen LogP contribution >= 0.6 is 11.6 Å². The number of ether oxygens (including phenoxy) is 2. The lowest BCUT2D eigenvalue weighted by Crippen LogP contribution is -2.20. The fourth-order valence-electron chi connectivity index (χ4n) is 1.52. The zero-order valence-corrected chi connectivity index (χ0v) is 11.6. The van der Waals surface area contributed by atoms with Gasteiger partial charge in [0.2, 0.25) is 0 Å². The van der Waals surface area contributed by atoms with Gasteiger partial charge in [-0.2, -0.15) is 0 Å². The van der Waals surface area contributed by atoms with Gasteiger partial charge in [0.15, 0.2) is 6.61 Å². The Labute approximate surface area is 121 Å². The molecule has 1 heterocycles. The van der Waals surface area contributed by atoms with Crippen LogP contribution in [0.15, 0.2) is 42.7 Å². The average Bonchev–Trinajstić information content (AvgIpc) is 2.47. The summed E-state index contributed by atoms with van der Waals surface area (Å²) in [7, 11) is 1.52. The van der Waals surface area contributed by atoms with Gasteiger partial charge in [-0.15, -0.1) is 0 Å². The fraction of sp³-hybridized carbons (Fsp3) is 0.143. The summed E-state index contributed by atoms with van der Waals surface area (Å²) in [5.41, 5.74) is 0.500. The van der Waals surface area contributed by atoms with Crippen molar-refractivity contribution >= 4 is 23.2 Å². The van der Waals surface area contributed by atoms with Crippen molar-refractivity contribution in [3.63, 3.8) is 0 Å². The van der Waals surface area contributed by atoms with Gasteiger partial charge >= 0.3 is 0 Å². The molecule has 5 nitrogen and oxygen atoms in total. The molecule has 1 aromatic carbocycles. The Bertz CT molecular complexity index is 587. The molecular formula is C14H13ClN2O3. The van der Waals surface area contributed by atoms with Crippen molar-refractivity contribution in [1.82, 2.24) is 4.98 Å². The molecule has 0 spiro atoms. The third-order valence-corrected chi connectivity index (χ3v) is 2.71. The number of carbonyl (C=O) groups excluding carboxylic acids is 1. The second-order valence-electron chi connectivity index (χ2n) is 3.87. The number of nitrogens with one attached hydrogen (secondary N) is 1. The van der Waals surface area contributed by atoms with Crippen molar-refractivity contribution in [3.8, 4) is 11.5 Å². The lowest BCUT2D eigenvalue weighted by Gasteiger charge is -2.10. The van der Waals surface area contributed by atoms with Crippen LogP contribution < -0.4 is 14.8 Å². The molecule has 1 N–H and O–H groups in total. The van der Waals surface area contributed by atoms with Crippen LogP contribution in [-0.4, -0.2) is 24.6 Å². The minimum atomic E-state index is -0.300. The van der Waals surface area contributed by atoms with Crippen LogP contribution in [0.3, 0.4) is 0 Å². The fourth-order valence-corrected chi connectivity index (χ4v) is 1.65. The van der Waals surface area contributed by atoms with E-state index >= 15 is 0 Å². The van der Waals surface area contributed by atoms with Gasteiger partial charge < -0.3 is 14.8 Å². The number of carbonyl (C=O) groups is 1. The summed E-state index contributed by atoms with van der Waals surface area (Å²) >= 11 is 5.76. The maximum atomic E-state index is 11.8. The maximum absolute atomic E-state index is 11.8. The molecule has 0 bridgehead atoms. The Morgan fingerprint density at radius 1 is 1.30 bits per heavy atom. The molecule has 0 radical (unpaired) electrons. The minimum absolute atomic E-state index is 0.111. The number of hydrogen-bond donors (Lipinski definition) is 1. The third-order valence-electron chi connectivity index (χ3n) is 2.46. The van der Waals surface area contributed by atoms with Crippen molar-refractivity contribution in [3.05, 3.63) is 47.7 Å². The highest BCUT2D eigenvalue weighted by molar-refractivity contribution is 6.30. The Morgan fingerprint density at radius 2 is 2.05 bits per heavy atom. The summed E-state index contributed by atoms with van der Waals surface area (Å²) < 4.78 is 10.4. The molecule has 2 rings (SSSR count). The number of aromatic nitrogens is 1. The average molecular weight is 293 g/mol. The molecule has 0 aliphatic carbocycles. The Kier molecular flexibility index (Phi) is 4.79. The lowest BCUT2D eigenvalue weighted by molar-refractivity contribution is -0.118. The zero-order valence-electron chi connectivity index (χ0n) is 10.8. The third kappa shape index (κ3) is 3.86. The summed E-state index contributed by atoms with van der Waals surface area (Å²) in [6, 6.07) is 8.44. The van der Waals surface area contributed by atoms with Crippen LogP contribution in [0.4, 0.5) is 5.69 Å². The number of nitrogens with zero attached hydrogens (tertiary/aromatic N) is 1. The van der Waals surface area contributed by atoms with Crippen LogP contribution in [-0.2, 0) is 4.79 Å². The van der Waals surface area contributed by atoms with Crippen LogP contribution in [0.5, 0.6) is 11.5 Å². The van der Waals surface area contributed by atoms with E-state index in [1.807, 2.05) is 0 Å². The van der Waals surface area contributed by atoms with Gasteiger partial charge in [-0.1, -0.05) is 11.6 Å². The summed E-state index contributed by atoms with van der Waals surface area (Å²) in [6.45, 7) is -0.111. The lowest BCUT2D eigenvalue weighted by atomic mass is 10.3. The predicted molar refractivity (Wildman–Crippen MR) is 76.4 cm³/mol. The van der Waals surface area contributed by atoms with E-state index in [4.69, 9.17) is 21.1 Å². The number of halogens is 1. The molecule has 0 saturated carbocycles. The van der Waals surface area contributed by atoms with E-state index in [1.165, 1.54) is 13.3 Å². The first-order chi connectivity index (χ1) is 9.69. The van der Waals surface area contributed by atoms with E-state index in [9.17, 15) is 4.79 Å². The first kappa shape index (κ1) is 14.1. The van der Waals surface area contributed by atoms with E-state index in [0.29, 0.717) is 22.2 Å². The zero-order chi connectivity index (χ0) is 14.4. The first-order valence-corrected chi connectivity index (χ1v) is 6.23. The largest absolute Gasteiger partial charge is 0.494 e. The molecule has 0 unspecified atom stereocenters. The topological polar surface area (TPSA) is 60.5 Å². The second-order valence-corrected chi connectivity index (χ2v) is 4.30. The number of amides is 1. The van der Waals surface area contributed by atoms with Crippen molar-refractivity contribution in [2.45, 2.75) is 0 Å². The summed E-state index contributed by atoms with van der Waals surface area (Å²) in [4.78, 5) is 15.7. The summed E-state index contributed by atoms with van der Waals surface area (Å²) in [5.74, 6) is 0.814. The number of benzene rings is 1. The van der Waals surface area contributed by atoms with E-state index in [0.717, 1.165) is 0 Å². The molecule has 6 heteroatoms. The number of hydrogen-bond acceptors (Lipinski definition) is 4. The molecule has 0 aliphatic heterocycles. The Balaban J connectivity index is 1.91. The molecule has 2 aromatic rings. The molecule has 1 amide bonds. The predicted octanol–water partition coefficient (Wildman–Crippen LogP) is 2.76. The second kappa shape index (κ2) is 6.77. The number of anilines is 1. The maximum Gasteiger partial charge on any atom is 0.262 e. The first-order valence-electron chi connectivity index (χ1n) is 5.85. The molecule has 0 aliphatic rings. The van der Waals surface area contributed by atoms with Gasteiger partial charge in [-0.25, -0.2) is 0 Å². The van der Waals surface area contributed by atoms with Gasteiger partial charge in [0.1, 0.15) is 17.2 Å². The highest BCUT2D eigenvalue weighted by Gasteiger charge is 2.08. The standard InChI is InChI=1S/C14H13ClN2O3/c1-19-13-6-7-16-8-12(13)17-14(18)9-20-11-4-2-10(15)3-5-11/h2-8H,9H2,1H3,(H,17,18). The van der Waals surface area contributed by atoms with Crippen LogP contribution in [0, 0.1) is 0 Å². The monoisotopic (exact) mass is 292 g/mol. The highest BCUT2D eigenvalue weighted by Crippen LogP contribution is 2.21. The van der Waals surface area contributed by atoms with Gasteiger partial charge in [0.25, 0.3) is 5.91 Å². The van der Waals surface area contributed by atoms with Crippen molar-refractivity contribution in [2.24, 2.45) is 0 Å². The molecule has 104 valence electrons. The SMILES string of the molecule is COc1ccncc1NC(=O)COc1ccc(Cl)cc1. The molecule has 0 atom stereocenters. The number of rotatable bonds is 5. The van der Waals surface area contributed by atoms with Crippen LogP contribution in [0.2, 0.25) is 5.02 Å². The van der Waals surface area contributed by atoms with Crippen molar-refractivity contribution in [1.29, 1.82) is 0 Å². The molecular weight excluding hydrogens is 280 g/mol.